The molecule has 1 atom stereocenters. The quantitative estimate of drug-likeness (QED) is 0.521. The molecule has 2 amide bonds. The number of carbonyl (C=O) groups is 2. The maximum Gasteiger partial charge on any atom is 0.254 e. The molecule has 1 aromatic carbocycles. The van der Waals surface area contributed by atoms with Crippen molar-refractivity contribution in [3.63, 3.8) is 0 Å². The zero-order valence-electron chi connectivity index (χ0n) is 15.8. The molecule has 0 radical (unpaired) electrons. The minimum absolute atomic E-state index is 0.241. The lowest BCUT2D eigenvalue weighted by Crippen LogP contribution is -2.33. The van der Waals surface area contributed by atoms with E-state index in [-0.39, 0.29) is 17.8 Å². The van der Waals surface area contributed by atoms with E-state index < -0.39 is 29.6 Å². The number of nitrogens with zero attached hydrogens (tertiary/aromatic N) is 3. The lowest BCUT2D eigenvalue weighted by Gasteiger charge is -2.22. The van der Waals surface area contributed by atoms with Crippen LogP contribution >= 0.6 is 11.8 Å². The molecule has 1 saturated heterocycles. The molecule has 11 heteroatoms. The molecule has 0 spiro atoms. The number of thioether (sulfide) groups is 1. The van der Waals surface area contributed by atoms with Gasteiger partial charge in [0.2, 0.25) is 0 Å². The van der Waals surface area contributed by atoms with Crippen molar-refractivity contribution < 1.29 is 23.1 Å². The second-order valence-electron chi connectivity index (χ2n) is 6.49. The largest absolute Gasteiger partial charge is 0.368 e. The molecule has 1 aromatic heterocycles. The molecule has 1 aliphatic rings. The van der Waals surface area contributed by atoms with Crippen LogP contribution in [0.4, 0.5) is 14.5 Å². The van der Waals surface area contributed by atoms with Crippen LogP contribution in [0.2, 0.25) is 0 Å². The van der Waals surface area contributed by atoms with Crippen molar-refractivity contribution in [1.29, 1.82) is 0 Å². The highest BCUT2D eigenvalue weighted by molar-refractivity contribution is 7.99. The van der Waals surface area contributed by atoms with E-state index in [1.54, 1.807) is 17.9 Å². The van der Waals surface area contributed by atoms with E-state index >= 15 is 0 Å². The third kappa shape index (κ3) is 5.51. The fraction of sp³-hybridized carbons (Fsp3) is 0.444. The maximum absolute atomic E-state index is 14.1. The summed E-state index contributed by atoms with van der Waals surface area (Å²) in [5, 5.41) is 13.3. The van der Waals surface area contributed by atoms with Crippen LogP contribution in [0, 0.1) is 11.6 Å². The van der Waals surface area contributed by atoms with Crippen LogP contribution in [0.3, 0.4) is 0 Å². The molecule has 2 heterocycles. The molecule has 8 nitrogen and oxygen atoms in total. The zero-order chi connectivity index (χ0) is 20.8. The average Bonchev–Trinajstić information content (AvgIpc) is 3.12. The Morgan fingerprint density at radius 3 is 2.83 bits per heavy atom. The van der Waals surface area contributed by atoms with Gasteiger partial charge in [0.1, 0.15) is 24.1 Å². The standard InChI is InChI=1S/C18H21F2N5O3S/c1-25-10-22-24-18(25)29-7-5-21-16(26)11-8-14(13(20)9-12(11)19)23-17(27)15-4-2-3-6-28-15/h8-10,15H,2-7H2,1H3,(H,21,26)(H,23,27). The van der Waals surface area contributed by atoms with Crippen LogP contribution in [-0.4, -0.2) is 51.6 Å². The van der Waals surface area contributed by atoms with E-state index in [2.05, 4.69) is 20.8 Å². The summed E-state index contributed by atoms with van der Waals surface area (Å²) in [4.78, 5) is 24.5. The molecular formula is C18H21F2N5O3S. The molecule has 2 N–H and O–H groups in total. The third-order valence-electron chi connectivity index (χ3n) is 4.32. The summed E-state index contributed by atoms with van der Waals surface area (Å²) in [5.74, 6) is -2.69. The number of anilines is 1. The number of benzene rings is 1. The van der Waals surface area contributed by atoms with Crippen LogP contribution in [0.1, 0.15) is 29.6 Å². The minimum atomic E-state index is -1.01. The Bertz CT molecular complexity index is 886. The first-order valence-electron chi connectivity index (χ1n) is 9.12. The van der Waals surface area contributed by atoms with Gasteiger partial charge in [0.25, 0.3) is 11.8 Å². The number of halogens is 2. The summed E-state index contributed by atoms with van der Waals surface area (Å²) < 4.78 is 35.3. The van der Waals surface area contributed by atoms with Crippen LogP contribution < -0.4 is 10.6 Å². The fourth-order valence-corrected chi connectivity index (χ4v) is 3.53. The third-order valence-corrected chi connectivity index (χ3v) is 5.36. The van der Waals surface area contributed by atoms with Gasteiger partial charge in [-0.15, -0.1) is 10.2 Å². The Kier molecular flexibility index (Phi) is 7.15. The number of hydrogen-bond acceptors (Lipinski definition) is 6. The Morgan fingerprint density at radius 1 is 1.31 bits per heavy atom. The summed E-state index contributed by atoms with van der Waals surface area (Å²) in [6.45, 7) is 0.703. The van der Waals surface area contributed by atoms with Crippen molar-refractivity contribution in [3.8, 4) is 0 Å². The van der Waals surface area contributed by atoms with Gasteiger partial charge in [0, 0.05) is 32.0 Å². The monoisotopic (exact) mass is 425 g/mol. The minimum Gasteiger partial charge on any atom is -0.368 e. The molecule has 29 heavy (non-hydrogen) atoms. The number of aryl methyl sites for hydroxylation is 1. The van der Waals surface area contributed by atoms with Gasteiger partial charge in [-0.2, -0.15) is 0 Å². The molecule has 1 fully saturated rings. The molecule has 0 saturated carbocycles. The second kappa shape index (κ2) is 9.79. The van der Waals surface area contributed by atoms with Gasteiger partial charge >= 0.3 is 0 Å². The van der Waals surface area contributed by atoms with E-state index in [1.807, 2.05) is 0 Å². The van der Waals surface area contributed by atoms with E-state index in [0.717, 1.165) is 18.9 Å². The first-order chi connectivity index (χ1) is 14.0. The van der Waals surface area contributed by atoms with Crippen molar-refractivity contribution in [1.82, 2.24) is 20.1 Å². The zero-order valence-corrected chi connectivity index (χ0v) is 16.6. The van der Waals surface area contributed by atoms with Crippen molar-refractivity contribution in [3.05, 3.63) is 35.7 Å². The van der Waals surface area contributed by atoms with E-state index in [4.69, 9.17) is 4.74 Å². The number of aromatic nitrogens is 3. The molecule has 0 bridgehead atoms. The van der Waals surface area contributed by atoms with Gasteiger partial charge in [-0.1, -0.05) is 11.8 Å². The molecule has 1 unspecified atom stereocenters. The lowest BCUT2D eigenvalue weighted by atomic mass is 10.1. The number of ether oxygens (including phenoxy) is 1. The summed E-state index contributed by atoms with van der Waals surface area (Å²) in [5.41, 5.74) is -0.612. The van der Waals surface area contributed by atoms with Crippen LogP contribution in [0.15, 0.2) is 23.6 Å². The molecular weight excluding hydrogens is 404 g/mol. The SMILES string of the molecule is Cn1cnnc1SCCNC(=O)c1cc(NC(=O)C2CCCCO2)c(F)cc1F. The first kappa shape index (κ1) is 21.2. The lowest BCUT2D eigenvalue weighted by molar-refractivity contribution is -0.130. The molecule has 1 aliphatic heterocycles. The number of amides is 2. The summed E-state index contributed by atoms with van der Waals surface area (Å²) in [6.07, 6.45) is 3.12. The Hall–Kier alpha value is -2.53. The van der Waals surface area contributed by atoms with Gasteiger partial charge in [0.05, 0.1) is 11.3 Å². The van der Waals surface area contributed by atoms with Crippen molar-refractivity contribution in [2.24, 2.45) is 7.05 Å². The smallest absolute Gasteiger partial charge is 0.254 e. The van der Waals surface area contributed by atoms with Crippen molar-refractivity contribution in [2.45, 2.75) is 30.5 Å². The first-order valence-corrected chi connectivity index (χ1v) is 10.1. The van der Waals surface area contributed by atoms with E-state index in [9.17, 15) is 18.4 Å². The molecule has 2 aromatic rings. The number of rotatable bonds is 7. The predicted molar refractivity (Wildman–Crippen MR) is 103 cm³/mol. The van der Waals surface area contributed by atoms with Gasteiger partial charge in [0.15, 0.2) is 5.16 Å². The average molecular weight is 425 g/mol. The Labute approximate surface area is 170 Å². The van der Waals surface area contributed by atoms with Crippen LogP contribution in [0.25, 0.3) is 0 Å². The molecule has 3 rings (SSSR count). The van der Waals surface area contributed by atoms with Gasteiger partial charge < -0.3 is 19.9 Å². The molecule has 156 valence electrons. The van der Waals surface area contributed by atoms with Crippen molar-refractivity contribution >= 4 is 29.3 Å². The number of carbonyl (C=O) groups excluding carboxylic acids is 2. The van der Waals surface area contributed by atoms with Gasteiger partial charge in [-0.3, -0.25) is 9.59 Å². The van der Waals surface area contributed by atoms with E-state index in [1.165, 1.54) is 11.8 Å². The normalized spacial score (nSPS) is 16.4. The fourth-order valence-electron chi connectivity index (χ4n) is 2.78. The highest BCUT2D eigenvalue weighted by Crippen LogP contribution is 2.22. The Morgan fingerprint density at radius 2 is 2.14 bits per heavy atom. The second-order valence-corrected chi connectivity index (χ2v) is 7.55. The van der Waals surface area contributed by atoms with E-state index in [0.29, 0.717) is 30.0 Å². The topological polar surface area (TPSA) is 98.1 Å². The Balaban J connectivity index is 1.59. The number of hydrogen-bond donors (Lipinski definition) is 2. The highest BCUT2D eigenvalue weighted by atomic mass is 32.2. The summed E-state index contributed by atoms with van der Waals surface area (Å²) >= 11 is 1.37. The maximum atomic E-state index is 14.1. The summed E-state index contributed by atoms with van der Waals surface area (Å²) in [6, 6.07) is 1.58. The van der Waals surface area contributed by atoms with Gasteiger partial charge in [-0.05, 0) is 25.3 Å². The van der Waals surface area contributed by atoms with Crippen molar-refractivity contribution in [2.75, 3.05) is 24.2 Å². The highest BCUT2D eigenvalue weighted by Gasteiger charge is 2.24. The van der Waals surface area contributed by atoms with Gasteiger partial charge in [-0.25, -0.2) is 8.78 Å². The van der Waals surface area contributed by atoms with Crippen LogP contribution in [0.5, 0.6) is 0 Å². The molecule has 0 aliphatic carbocycles. The predicted octanol–water partition coefficient (Wildman–Crippen LogP) is 2.12. The summed E-state index contributed by atoms with van der Waals surface area (Å²) in [7, 11) is 1.79. The van der Waals surface area contributed by atoms with Crippen LogP contribution in [-0.2, 0) is 16.6 Å². The number of nitrogens with one attached hydrogen (secondary N) is 2.